The van der Waals surface area contributed by atoms with Crippen molar-refractivity contribution in [3.05, 3.63) is 0 Å². The van der Waals surface area contributed by atoms with Crippen molar-refractivity contribution in [2.24, 2.45) is 0 Å². The van der Waals surface area contributed by atoms with E-state index in [1.54, 1.807) is 0 Å². The van der Waals surface area contributed by atoms with E-state index in [0.29, 0.717) is 0 Å². The molecule has 0 aromatic rings. The van der Waals surface area contributed by atoms with Crippen LogP contribution < -0.4 is 0 Å². The second kappa shape index (κ2) is 12.4. The first-order valence-electron chi connectivity index (χ1n) is 7.57. The second-order valence-electron chi connectivity index (χ2n) is 5.36. The van der Waals surface area contributed by atoms with Gasteiger partial charge in [-0.15, -0.1) is 0 Å². The van der Waals surface area contributed by atoms with Gasteiger partial charge in [0, 0.05) is 13.1 Å². The molecule has 0 aromatic carbocycles. The SMILES string of the molecule is CCCCCCCCCN(CC)CCN(C)C. The van der Waals surface area contributed by atoms with Gasteiger partial charge in [0.25, 0.3) is 0 Å². The molecule has 0 aliphatic heterocycles. The molecule has 0 aliphatic rings. The maximum absolute atomic E-state index is 2.58. The summed E-state index contributed by atoms with van der Waals surface area (Å²) in [5, 5.41) is 0. The zero-order chi connectivity index (χ0) is 12.9. The van der Waals surface area contributed by atoms with Crippen LogP contribution in [0.15, 0.2) is 0 Å². The number of nitrogens with zero attached hydrogens (tertiary/aromatic N) is 2. The first-order valence-corrected chi connectivity index (χ1v) is 7.57. The molecule has 0 amide bonds. The van der Waals surface area contributed by atoms with Gasteiger partial charge < -0.3 is 9.80 Å². The van der Waals surface area contributed by atoms with Crippen LogP contribution in [0.3, 0.4) is 0 Å². The molecule has 2 heteroatoms. The molecule has 2 nitrogen and oxygen atoms in total. The molecule has 0 radical (unpaired) electrons. The van der Waals surface area contributed by atoms with Crippen LogP contribution in [0.5, 0.6) is 0 Å². The van der Waals surface area contributed by atoms with Crippen LogP contribution in [-0.2, 0) is 0 Å². The zero-order valence-corrected chi connectivity index (χ0v) is 12.7. The molecule has 0 atom stereocenters. The molecule has 17 heavy (non-hydrogen) atoms. The van der Waals surface area contributed by atoms with Gasteiger partial charge in [-0.25, -0.2) is 0 Å². The largest absolute Gasteiger partial charge is 0.308 e. The number of hydrogen-bond donors (Lipinski definition) is 0. The van der Waals surface area contributed by atoms with Gasteiger partial charge in [0.1, 0.15) is 0 Å². The fourth-order valence-electron chi connectivity index (χ4n) is 2.06. The van der Waals surface area contributed by atoms with Crippen LogP contribution in [0.1, 0.15) is 58.8 Å². The monoisotopic (exact) mass is 242 g/mol. The van der Waals surface area contributed by atoms with E-state index < -0.39 is 0 Å². The van der Waals surface area contributed by atoms with Crippen molar-refractivity contribution in [2.45, 2.75) is 58.8 Å². The fraction of sp³-hybridized carbons (Fsp3) is 1.00. The lowest BCUT2D eigenvalue weighted by Gasteiger charge is -2.22. The Morgan fingerprint density at radius 2 is 1.24 bits per heavy atom. The second-order valence-corrected chi connectivity index (χ2v) is 5.36. The number of hydrogen-bond acceptors (Lipinski definition) is 2. The summed E-state index contributed by atoms with van der Waals surface area (Å²) >= 11 is 0. The molecule has 0 saturated heterocycles. The van der Waals surface area contributed by atoms with E-state index in [-0.39, 0.29) is 0 Å². The molecule has 0 aromatic heterocycles. The van der Waals surface area contributed by atoms with Gasteiger partial charge >= 0.3 is 0 Å². The summed E-state index contributed by atoms with van der Waals surface area (Å²) in [6.45, 7) is 9.45. The van der Waals surface area contributed by atoms with E-state index in [4.69, 9.17) is 0 Å². The average molecular weight is 242 g/mol. The smallest absolute Gasteiger partial charge is 0.0109 e. The van der Waals surface area contributed by atoms with E-state index in [1.807, 2.05) is 0 Å². The summed E-state index contributed by atoms with van der Waals surface area (Å²) in [7, 11) is 4.31. The van der Waals surface area contributed by atoms with Gasteiger partial charge in [-0.05, 0) is 33.6 Å². The van der Waals surface area contributed by atoms with Crippen LogP contribution in [0.4, 0.5) is 0 Å². The highest BCUT2D eigenvalue weighted by Crippen LogP contribution is 2.07. The first kappa shape index (κ1) is 16.9. The topological polar surface area (TPSA) is 6.48 Å². The van der Waals surface area contributed by atoms with E-state index in [2.05, 4.69) is 37.7 Å². The van der Waals surface area contributed by atoms with Crippen molar-refractivity contribution in [1.29, 1.82) is 0 Å². The summed E-state index contributed by atoms with van der Waals surface area (Å²) in [4.78, 5) is 4.85. The van der Waals surface area contributed by atoms with Crippen molar-refractivity contribution in [3.63, 3.8) is 0 Å². The molecule has 104 valence electrons. The molecule has 0 bridgehead atoms. The maximum atomic E-state index is 2.58. The van der Waals surface area contributed by atoms with E-state index in [1.165, 1.54) is 71.1 Å². The summed E-state index contributed by atoms with van der Waals surface area (Å²) in [5.74, 6) is 0. The highest BCUT2D eigenvalue weighted by Gasteiger charge is 2.02. The Labute approximate surface area is 109 Å². The number of rotatable bonds is 12. The summed E-state index contributed by atoms with van der Waals surface area (Å²) in [6, 6.07) is 0. The molecule has 0 N–H and O–H groups in total. The molecular weight excluding hydrogens is 208 g/mol. The summed E-state index contributed by atoms with van der Waals surface area (Å²) in [6.07, 6.45) is 9.89. The average Bonchev–Trinajstić information content (AvgIpc) is 2.31. The predicted molar refractivity (Wildman–Crippen MR) is 78.7 cm³/mol. The molecule has 0 aliphatic carbocycles. The lowest BCUT2D eigenvalue weighted by Crippen LogP contribution is -2.32. The first-order chi connectivity index (χ1) is 8.20. The van der Waals surface area contributed by atoms with Gasteiger partial charge in [0.2, 0.25) is 0 Å². The summed E-state index contributed by atoms with van der Waals surface area (Å²) in [5.41, 5.74) is 0. The molecule has 0 heterocycles. The minimum absolute atomic E-state index is 1.18. The molecule has 0 saturated carbocycles. The normalized spacial score (nSPS) is 11.6. The molecule has 0 spiro atoms. The molecular formula is C15H34N2. The lowest BCUT2D eigenvalue weighted by atomic mass is 10.1. The van der Waals surface area contributed by atoms with Crippen LogP contribution in [0.2, 0.25) is 0 Å². The van der Waals surface area contributed by atoms with E-state index in [0.717, 1.165) is 0 Å². The van der Waals surface area contributed by atoms with E-state index in [9.17, 15) is 0 Å². The quantitative estimate of drug-likeness (QED) is 0.482. The zero-order valence-electron chi connectivity index (χ0n) is 12.7. The van der Waals surface area contributed by atoms with Gasteiger partial charge in [-0.1, -0.05) is 52.4 Å². The highest BCUT2D eigenvalue weighted by molar-refractivity contribution is 4.58. The summed E-state index contributed by atoms with van der Waals surface area (Å²) < 4.78 is 0. The predicted octanol–water partition coefficient (Wildman–Crippen LogP) is 3.62. The third-order valence-electron chi connectivity index (χ3n) is 3.39. The Kier molecular flexibility index (Phi) is 12.3. The maximum Gasteiger partial charge on any atom is 0.0109 e. The molecule has 0 fully saturated rings. The van der Waals surface area contributed by atoms with Crippen LogP contribution in [0.25, 0.3) is 0 Å². The Bertz CT molecular complexity index is 146. The van der Waals surface area contributed by atoms with Crippen molar-refractivity contribution >= 4 is 0 Å². The standard InChI is InChI=1S/C15H34N2/c1-5-7-8-9-10-11-12-13-17(6-2)15-14-16(3)4/h5-15H2,1-4H3. The third kappa shape index (κ3) is 12.2. The van der Waals surface area contributed by atoms with Gasteiger partial charge in [0.05, 0.1) is 0 Å². The van der Waals surface area contributed by atoms with E-state index >= 15 is 0 Å². The van der Waals surface area contributed by atoms with Crippen LogP contribution >= 0.6 is 0 Å². The van der Waals surface area contributed by atoms with Crippen molar-refractivity contribution < 1.29 is 0 Å². The van der Waals surface area contributed by atoms with Gasteiger partial charge in [-0.2, -0.15) is 0 Å². The number of likely N-dealkylation sites (N-methyl/N-ethyl adjacent to an activating group) is 2. The minimum Gasteiger partial charge on any atom is -0.308 e. The highest BCUT2D eigenvalue weighted by atomic mass is 15.2. The Hall–Kier alpha value is -0.0800. The molecule has 0 rings (SSSR count). The Morgan fingerprint density at radius 3 is 1.76 bits per heavy atom. The number of unbranched alkanes of at least 4 members (excludes halogenated alkanes) is 6. The Balaban J connectivity index is 3.31. The van der Waals surface area contributed by atoms with Crippen LogP contribution in [0, 0.1) is 0 Å². The van der Waals surface area contributed by atoms with Crippen LogP contribution in [-0.4, -0.2) is 50.1 Å². The van der Waals surface area contributed by atoms with Gasteiger partial charge in [-0.3, -0.25) is 0 Å². The minimum atomic E-state index is 1.18. The lowest BCUT2D eigenvalue weighted by molar-refractivity contribution is 0.246. The fourth-order valence-corrected chi connectivity index (χ4v) is 2.06. The van der Waals surface area contributed by atoms with Crippen molar-refractivity contribution in [1.82, 2.24) is 9.80 Å². The van der Waals surface area contributed by atoms with Crippen molar-refractivity contribution in [2.75, 3.05) is 40.3 Å². The van der Waals surface area contributed by atoms with Crippen molar-refractivity contribution in [3.8, 4) is 0 Å². The third-order valence-corrected chi connectivity index (χ3v) is 3.39. The van der Waals surface area contributed by atoms with Gasteiger partial charge in [0.15, 0.2) is 0 Å². The Morgan fingerprint density at radius 1 is 0.647 bits per heavy atom. The molecule has 0 unspecified atom stereocenters.